The van der Waals surface area contributed by atoms with Crippen molar-refractivity contribution in [3.8, 4) is 11.5 Å². The molecule has 0 aliphatic carbocycles. The molecule has 0 spiro atoms. The van der Waals surface area contributed by atoms with Gasteiger partial charge in [-0.1, -0.05) is 20.8 Å². The summed E-state index contributed by atoms with van der Waals surface area (Å²) in [7, 11) is 1.44. The third-order valence-corrected chi connectivity index (χ3v) is 6.45. The van der Waals surface area contributed by atoms with Gasteiger partial charge < -0.3 is 24.0 Å². The number of nitrogens with one attached hydrogen (secondary N) is 1. The number of benzene rings is 2. The summed E-state index contributed by atoms with van der Waals surface area (Å²) in [4.78, 5) is 39.1. The van der Waals surface area contributed by atoms with E-state index in [-0.39, 0.29) is 60.5 Å². The lowest BCUT2D eigenvalue weighted by Gasteiger charge is -2.29. The fourth-order valence-corrected chi connectivity index (χ4v) is 4.54. The highest BCUT2D eigenvalue weighted by atomic mass is 19.4. The van der Waals surface area contributed by atoms with Crippen LogP contribution in [0.15, 0.2) is 24.3 Å². The number of nitrogens with zero attached hydrogens (tertiary/aromatic N) is 2. The molecule has 228 valence electrons. The van der Waals surface area contributed by atoms with E-state index in [1.165, 1.54) is 22.9 Å². The molecule has 0 bridgehead atoms. The molecule has 1 heterocycles. The summed E-state index contributed by atoms with van der Waals surface area (Å²) in [6.45, 7) is 8.70. The Labute approximate surface area is 240 Å². The molecule has 0 unspecified atom stereocenters. The van der Waals surface area contributed by atoms with Crippen molar-refractivity contribution in [3.63, 3.8) is 0 Å². The van der Waals surface area contributed by atoms with Crippen molar-refractivity contribution in [2.75, 3.05) is 38.3 Å². The largest absolute Gasteiger partial charge is 0.491 e. The molecule has 9 nitrogen and oxygen atoms in total. The highest BCUT2D eigenvalue weighted by Gasteiger charge is 2.42. The van der Waals surface area contributed by atoms with Gasteiger partial charge in [0.05, 0.1) is 25.3 Å². The number of likely N-dealkylation sites (N-methyl/N-ethyl adjacent to an activating group) is 1. The topological polar surface area (TPSA) is 109 Å². The zero-order valence-electron chi connectivity index (χ0n) is 24.2. The Balaban J connectivity index is 1.83. The molecule has 1 N–H and O–H groups in total. The van der Waals surface area contributed by atoms with E-state index < -0.39 is 35.9 Å². The first-order valence-corrected chi connectivity index (χ1v) is 13.1. The second-order valence-corrected chi connectivity index (χ2v) is 10.6. The van der Waals surface area contributed by atoms with E-state index in [1.54, 1.807) is 32.0 Å². The van der Waals surface area contributed by atoms with Gasteiger partial charge >= 0.3 is 18.1 Å². The van der Waals surface area contributed by atoms with E-state index in [1.807, 2.05) is 20.8 Å². The molecule has 2 aromatic rings. The first-order chi connectivity index (χ1) is 19.5. The van der Waals surface area contributed by atoms with Gasteiger partial charge in [-0.25, -0.2) is 14.0 Å². The van der Waals surface area contributed by atoms with Crippen molar-refractivity contribution in [2.45, 2.75) is 52.8 Å². The third kappa shape index (κ3) is 7.00. The lowest BCUT2D eigenvalue weighted by atomic mass is 9.84. The van der Waals surface area contributed by atoms with Crippen molar-refractivity contribution >= 4 is 29.2 Å². The van der Waals surface area contributed by atoms with Gasteiger partial charge in [0.2, 0.25) is 0 Å². The van der Waals surface area contributed by atoms with Crippen LogP contribution in [-0.2, 0) is 26.3 Å². The lowest BCUT2D eigenvalue weighted by Crippen LogP contribution is -2.34. The molecule has 0 fully saturated rings. The van der Waals surface area contributed by atoms with Crippen LogP contribution in [0, 0.1) is 11.2 Å². The van der Waals surface area contributed by atoms with Crippen molar-refractivity contribution in [3.05, 3.63) is 52.3 Å². The van der Waals surface area contributed by atoms with E-state index in [2.05, 4.69) is 4.74 Å². The summed E-state index contributed by atoms with van der Waals surface area (Å²) in [6.07, 6.45) is -5.30. The summed E-state index contributed by atoms with van der Waals surface area (Å²) in [6, 6.07) is 6.25. The molecule has 0 saturated carbocycles. The molecule has 13 heteroatoms. The quantitative estimate of drug-likeness (QED) is 0.177. The van der Waals surface area contributed by atoms with Crippen LogP contribution in [0.2, 0.25) is 0 Å². The molecule has 0 saturated heterocycles. The molecule has 0 aromatic heterocycles. The molecule has 0 atom stereocenters. The Kier molecular flexibility index (Phi) is 9.53. The van der Waals surface area contributed by atoms with Gasteiger partial charge in [0, 0.05) is 24.8 Å². The predicted molar refractivity (Wildman–Crippen MR) is 146 cm³/mol. The average Bonchev–Trinajstić information content (AvgIpc) is 3.19. The molecular formula is C29H33F4N3O6. The minimum Gasteiger partial charge on any atom is -0.490 e. The fraction of sp³-hybridized carbons (Fsp3) is 0.448. The maximum absolute atomic E-state index is 15.4. The summed E-state index contributed by atoms with van der Waals surface area (Å²) in [5, 5.41) is 8.56. The lowest BCUT2D eigenvalue weighted by molar-refractivity contribution is -0.201. The minimum absolute atomic E-state index is 0.0398. The second kappa shape index (κ2) is 12.4. The van der Waals surface area contributed by atoms with E-state index >= 15 is 4.39 Å². The van der Waals surface area contributed by atoms with Crippen LogP contribution in [0.5, 0.6) is 11.5 Å². The Morgan fingerprint density at radius 1 is 1.05 bits per heavy atom. The SMILES string of the molecule is CCOc1cc2c(c(F)c1OCC)C(=N)N(CC(=O)c1ccc(N(C)CC(=O)OC(=O)C(F)(F)F)c(C(C)(C)C)c1)C2. The Morgan fingerprint density at radius 2 is 1.69 bits per heavy atom. The monoisotopic (exact) mass is 595 g/mol. The number of anilines is 1. The summed E-state index contributed by atoms with van der Waals surface area (Å²) in [5.41, 5.74) is 1.26. The van der Waals surface area contributed by atoms with E-state index in [9.17, 15) is 27.6 Å². The summed E-state index contributed by atoms with van der Waals surface area (Å²) < 4.78 is 67.6. The summed E-state index contributed by atoms with van der Waals surface area (Å²) >= 11 is 0. The van der Waals surface area contributed by atoms with Gasteiger partial charge in [0.25, 0.3) is 0 Å². The molecular weight excluding hydrogens is 562 g/mol. The van der Waals surface area contributed by atoms with Gasteiger partial charge in [-0.3, -0.25) is 10.2 Å². The number of rotatable bonds is 10. The summed E-state index contributed by atoms with van der Waals surface area (Å²) in [5.74, 6) is -5.11. The number of ether oxygens (including phenoxy) is 3. The number of amidine groups is 1. The van der Waals surface area contributed by atoms with E-state index in [0.29, 0.717) is 16.8 Å². The number of alkyl halides is 3. The van der Waals surface area contributed by atoms with E-state index in [0.717, 1.165) is 0 Å². The molecule has 0 radical (unpaired) electrons. The average molecular weight is 596 g/mol. The highest BCUT2D eigenvalue weighted by molar-refractivity contribution is 6.06. The number of esters is 2. The van der Waals surface area contributed by atoms with Crippen molar-refractivity contribution in [2.24, 2.45) is 0 Å². The number of hydrogen-bond donors (Lipinski definition) is 1. The zero-order valence-corrected chi connectivity index (χ0v) is 24.2. The van der Waals surface area contributed by atoms with Crippen LogP contribution in [0.1, 0.15) is 61.7 Å². The number of fused-ring (bicyclic) bond motifs is 1. The Hall–Kier alpha value is -4.16. The van der Waals surface area contributed by atoms with Gasteiger partial charge in [-0.05, 0) is 54.7 Å². The number of halogens is 4. The van der Waals surface area contributed by atoms with Crippen molar-refractivity contribution < 1.29 is 46.2 Å². The van der Waals surface area contributed by atoms with Gasteiger partial charge in [-0.2, -0.15) is 13.2 Å². The number of carbonyl (C=O) groups is 3. The van der Waals surface area contributed by atoms with Crippen LogP contribution >= 0.6 is 0 Å². The van der Waals surface area contributed by atoms with Gasteiger partial charge in [-0.15, -0.1) is 0 Å². The van der Waals surface area contributed by atoms with Crippen LogP contribution in [-0.4, -0.2) is 68.0 Å². The normalized spacial score (nSPS) is 13.1. The molecule has 2 aromatic carbocycles. The highest BCUT2D eigenvalue weighted by Crippen LogP contribution is 2.39. The third-order valence-electron chi connectivity index (χ3n) is 6.45. The first-order valence-electron chi connectivity index (χ1n) is 13.1. The maximum atomic E-state index is 15.4. The molecule has 42 heavy (non-hydrogen) atoms. The second-order valence-electron chi connectivity index (χ2n) is 10.6. The van der Waals surface area contributed by atoms with Crippen LogP contribution in [0.25, 0.3) is 0 Å². The number of ketones is 1. The fourth-order valence-electron chi connectivity index (χ4n) is 4.54. The van der Waals surface area contributed by atoms with Crippen molar-refractivity contribution in [1.29, 1.82) is 5.41 Å². The maximum Gasteiger partial charge on any atom is 0.491 e. The van der Waals surface area contributed by atoms with Crippen LogP contribution in [0.4, 0.5) is 23.2 Å². The molecule has 1 aliphatic heterocycles. The van der Waals surface area contributed by atoms with Gasteiger partial charge in [0.15, 0.2) is 23.1 Å². The molecule has 3 rings (SSSR count). The van der Waals surface area contributed by atoms with E-state index in [4.69, 9.17) is 14.9 Å². The standard InChI is InChI=1S/C29H33F4N3O6/c1-7-40-21-12-17-13-36(26(34)23(17)24(30)25(21)41-8-2)14-20(37)16-9-10-19(18(11-16)28(3,4)5)35(6)15-22(38)42-27(39)29(31,32)33/h9-12,34H,7-8,13-15H2,1-6H3. The first kappa shape index (κ1) is 32.4. The number of hydrogen-bond acceptors (Lipinski definition) is 8. The Morgan fingerprint density at radius 3 is 2.26 bits per heavy atom. The molecule has 1 aliphatic rings. The predicted octanol–water partition coefficient (Wildman–Crippen LogP) is 5.01. The minimum atomic E-state index is -5.30. The van der Waals surface area contributed by atoms with Gasteiger partial charge in [0.1, 0.15) is 12.4 Å². The Bertz CT molecular complexity index is 1400. The van der Waals surface area contributed by atoms with Crippen LogP contribution < -0.4 is 14.4 Å². The zero-order chi connectivity index (χ0) is 31.6. The number of Topliss-reactive ketones (excluding diaryl/α,β-unsaturated/α-hetero) is 1. The smallest absolute Gasteiger partial charge is 0.490 e. The van der Waals surface area contributed by atoms with Crippen LogP contribution in [0.3, 0.4) is 0 Å². The number of carbonyl (C=O) groups excluding carboxylic acids is 3. The molecule has 0 amide bonds. The van der Waals surface area contributed by atoms with Crippen molar-refractivity contribution in [1.82, 2.24) is 4.90 Å².